The number of hydrogen-bond donors (Lipinski definition) is 1. The van der Waals surface area contributed by atoms with Gasteiger partial charge in [-0.15, -0.1) is 0 Å². The molecule has 0 radical (unpaired) electrons. The summed E-state index contributed by atoms with van der Waals surface area (Å²) in [7, 11) is 2.21. The summed E-state index contributed by atoms with van der Waals surface area (Å²) in [5.74, 6) is 0. The molecule has 0 saturated carbocycles. The second-order valence-electron chi connectivity index (χ2n) is 5.66. The van der Waals surface area contributed by atoms with Crippen LogP contribution in [0.3, 0.4) is 0 Å². The minimum atomic E-state index is 1.13. The van der Waals surface area contributed by atoms with Gasteiger partial charge in [-0.2, -0.15) is 0 Å². The van der Waals surface area contributed by atoms with E-state index in [0.29, 0.717) is 0 Å². The average molecular weight is 261 g/mol. The molecule has 0 spiro atoms. The summed E-state index contributed by atoms with van der Waals surface area (Å²) in [6.07, 6.45) is 1.24. The van der Waals surface area contributed by atoms with Crippen molar-refractivity contribution in [2.24, 2.45) is 0 Å². The van der Waals surface area contributed by atoms with Crippen LogP contribution in [0.15, 0.2) is 18.2 Å². The van der Waals surface area contributed by atoms with Gasteiger partial charge in [0.1, 0.15) is 0 Å². The van der Waals surface area contributed by atoms with Gasteiger partial charge in [-0.1, -0.05) is 12.1 Å². The minimum Gasteiger partial charge on any atom is -0.374 e. The van der Waals surface area contributed by atoms with Crippen LogP contribution in [0.4, 0.5) is 5.69 Å². The first-order valence-electron chi connectivity index (χ1n) is 7.38. The Morgan fingerprint density at radius 2 is 1.95 bits per heavy atom. The molecule has 1 heterocycles. The van der Waals surface area contributed by atoms with E-state index in [-0.39, 0.29) is 0 Å². The first-order chi connectivity index (χ1) is 9.16. The van der Waals surface area contributed by atoms with Gasteiger partial charge >= 0.3 is 0 Å². The molecule has 0 bridgehead atoms. The van der Waals surface area contributed by atoms with Gasteiger partial charge in [-0.25, -0.2) is 0 Å². The summed E-state index contributed by atoms with van der Waals surface area (Å²) in [5.41, 5.74) is 4.09. The van der Waals surface area contributed by atoms with E-state index in [2.05, 4.69) is 54.2 Å². The lowest BCUT2D eigenvalue weighted by Crippen LogP contribution is -2.44. The van der Waals surface area contributed by atoms with Crippen molar-refractivity contribution in [1.29, 1.82) is 0 Å². The molecule has 1 aliphatic rings. The first-order valence-corrected chi connectivity index (χ1v) is 7.38. The van der Waals surface area contributed by atoms with Crippen molar-refractivity contribution in [1.82, 2.24) is 10.2 Å². The Morgan fingerprint density at radius 3 is 2.68 bits per heavy atom. The molecule has 3 nitrogen and oxygen atoms in total. The van der Waals surface area contributed by atoms with Gasteiger partial charge in [0.05, 0.1) is 0 Å². The van der Waals surface area contributed by atoms with Gasteiger partial charge < -0.3 is 15.1 Å². The van der Waals surface area contributed by atoms with E-state index in [0.717, 1.165) is 19.6 Å². The zero-order valence-corrected chi connectivity index (χ0v) is 12.6. The summed E-state index contributed by atoms with van der Waals surface area (Å²) < 4.78 is 0. The van der Waals surface area contributed by atoms with E-state index in [1.807, 2.05) is 0 Å². The fourth-order valence-electron chi connectivity index (χ4n) is 2.72. The Hall–Kier alpha value is -1.06. The lowest BCUT2D eigenvalue weighted by molar-refractivity contribution is 0.239. The molecule has 1 saturated heterocycles. The molecule has 106 valence electrons. The molecule has 0 atom stereocenters. The molecule has 0 aromatic heterocycles. The molecule has 2 rings (SSSR count). The Labute approximate surface area is 117 Å². The van der Waals surface area contributed by atoms with Crippen LogP contribution < -0.4 is 10.2 Å². The highest BCUT2D eigenvalue weighted by Crippen LogP contribution is 2.20. The van der Waals surface area contributed by atoms with Gasteiger partial charge in [-0.3, -0.25) is 0 Å². The number of rotatable bonds is 5. The lowest BCUT2D eigenvalue weighted by Gasteiger charge is -2.28. The molecule has 1 aromatic rings. The highest BCUT2D eigenvalue weighted by atomic mass is 15.2. The quantitative estimate of drug-likeness (QED) is 0.875. The molecule has 3 heteroatoms. The number of hydrogen-bond acceptors (Lipinski definition) is 3. The van der Waals surface area contributed by atoms with Crippen molar-refractivity contribution in [3.8, 4) is 0 Å². The standard InChI is InChI=1S/C16H27N3/c1-14-5-6-15(2)16(13-14)18(3)9-4-10-19-11-7-17-8-12-19/h5-6,13,17H,4,7-12H2,1-3H3. The lowest BCUT2D eigenvalue weighted by atomic mass is 10.1. The van der Waals surface area contributed by atoms with E-state index in [1.165, 1.54) is 42.9 Å². The predicted molar refractivity (Wildman–Crippen MR) is 83.1 cm³/mol. The number of nitrogens with zero attached hydrogens (tertiary/aromatic N) is 2. The summed E-state index contributed by atoms with van der Waals surface area (Å²) in [5, 5.41) is 3.40. The number of benzene rings is 1. The fourth-order valence-corrected chi connectivity index (χ4v) is 2.72. The molecule has 1 fully saturated rings. The number of aryl methyl sites for hydroxylation is 2. The maximum Gasteiger partial charge on any atom is 0.0395 e. The van der Waals surface area contributed by atoms with Gasteiger partial charge in [0.2, 0.25) is 0 Å². The molecule has 0 unspecified atom stereocenters. The summed E-state index contributed by atoms with van der Waals surface area (Å²) in [4.78, 5) is 4.96. The highest BCUT2D eigenvalue weighted by molar-refractivity contribution is 5.54. The maximum absolute atomic E-state index is 3.40. The molecule has 1 N–H and O–H groups in total. The minimum absolute atomic E-state index is 1.13. The molecule has 1 aliphatic heterocycles. The molecular weight excluding hydrogens is 234 g/mol. The highest BCUT2D eigenvalue weighted by Gasteiger charge is 2.10. The molecule has 1 aromatic carbocycles. The van der Waals surface area contributed by atoms with Crippen LogP contribution >= 0.6 is 0 Å². The average Bonchev–Trinajstić information content (AvgIpc) is 2.42. The smallest absolute Gasteiger partial charge is 0.0395 e. The summed E-state index contributed by atoms with van der Waals surface area (Å²) >= 11 is 0. The predicted octanol–water partition coefficient (Wildman–Crippen LogP) is 2.03. The third kappa shape index (κ3) is 4.22. The van der Waals surface area contributed by atoms with Crippen LogP contribution in [0, 0.1) is 13.8 Å². The number of anilines is 1. The van der Waals surface area contributed by atoms with E-state index < -0.39 is 0 Å². The van der Waals surface area contributed by atoms with E-state index in [4.69, 9.17) is 0 Å². The Bertz CT molecular complexity index is 397. The van der Waals surface area contributed by atoms with Crippen molar-refractivity contribution < 1.29 is 0 Å². The van der Waals surface area contributed by atoms with E-state index >= 15 is 0 Å². The largest absolute Gasteiger partial charge is 0.374 e. The zero-order valence-electron chi connectivity index (χ0n) is 12.6. The third-order valence-electron chi connectivity index (χ3n) is 3.95. The summed E-state index contributed by atoms with van der Waals surface area (Å²) in [6, 6.07) is 6.70. The van der Waals surface area contributed by atoms with Crippen LogP contribution in [0.2, 0.25) is 0 Å². The van der Waals surface area contributed by atoms with Crippen molar-refractivity contribution in [3.63, 3.8) is 0 Å². The van der Waals surface area contributed by atoms with Gasteiger partial charge in [0.25, 0.3) is 0 Å². The maximum atomic E-state index is 3.40. The second kappa shape index (κ2) is 6.92. The molecular formula is C16H27N3. The van der Waals surface area contributed by atoms with Crippen LogP contribution in [0.1, 0.15) is 17.5 Å². The SMILES string of the molecule is Cc1ccc(C)c(N(C)CCCN2CCNCC2)c1. The van der Waals surface area contributed by atoms with Crippen LogP contribution in [-0.2, 0) is 0 Å². The zero-order chi connectivity index (χ0) is 13.7. The Morgan fingerprint density at radius 1 is 1.21 bits per heavy atom. The fraction of sp³-hybridized carbons (Fsp3) is 0.625. The molecule has 0 aliphatic carbocycles. The first kappa shape index (κ1) is 14.4. The van der Waals surface area contributed by atoms with Gasteiger partial charge in [0, 0.05) is 45.5 Å². The topological polar surface area (TPSA) is 18.5 Å². The monoisotopic (exact) mass is 261 g/mol. The van der Waals surface area contributed by atoms with Gasteiger partial charge in [-0.05, 0) is 44.0 Å². The summed E-state index contributed by atoms with van der Waals surface area (Å²) in [6.45, 7) is 11.4. The van der Waals surface area contributed by atoms with Crippen molar-refractivity contribution in [2.75, 3.05) is 51.2 Å². The van der Waals surface area contributed by atoms with Crippen LogP contribution in [-0.4, -0.2) is 51.2 Å². The van der Waals surface area contributed by atoms with Crippen molar-refractivity contribution >= 4 is 5.69 Å². The third-order valence-corrected chi connectivity index (χ3v) is 3.95. The van der Waals surface area contributed by atoms with E-state index in [9.17, 15) is 0 Å². The molecule has 19 heavy (non-hydrogen) atoms. The van der Waals surface area contributed by atoms with Crippen LogP contribution in [0.5, 0.6) is 0 Å². The number of nitrogens with one attached hydrogen (secondary N) is 1. The van der Waals surface area contributed by atoms with Crippen molar-refractivity contribution in [3.05, 3.63) is 29.3 Å². The molecule has 0 amide bonds. The van der Waals surface area contributed by atoms with E-state index in [1.54, 1.807) is 0 Å². The van der Waals surface area contributed by atoms with Gasteiger partial charge in [0.15, 0.2) is 0 Å². The normalized spacial score (nSPS) is 16.6. The van der Waals surface area contributed by atoms with Crippen molar-refractivity contribution in [2.45, 2.75) is 20.3 Å². The van der Waals surface area contributed by atoms with Crippen LogP contribution in [0.25, 0.3) is 0 Å². The second-order valence-corrected chi connectivity index (χ2v) is 5.66. The number of piperazine rings is 1. The Kier molecular flexibility index (Phi) is 5.23. The Balaban J connectivity index is 1.80.